The van der Waals surface area contributed by atoms with Gasteiger partial charge in [-0.25, -0.2) is 0 Å². The van der Waals surface area contributed by atoms with Gasteiger partial charge in [0.15, 0.2) is 5.78 Å². The van der Waals surface area contributed by atoms with Crippen molar-refractivity contribution in [2.24, 2.45) is 11.1 Å². The smallest absolute Gasteiger partial charge is 0.162 e. The first-order valence-electron chi connectivity index (χ1n) is 9.28. The Bertz CT molecular complexity index is 857. The first kappa shape index (κ1) is 19.2. The Morgan fingerprint density at radius 2 is 1.96 bits per heavy atom. The molecule has 0 unspecified atom stereocenters. The van der Waals surface area contributed by atoms with Gasteiger partial charge in [-0.3, -0.25) is 4.79 Å². The van der Waals surface area contributed by atoms with Gasteiger partial charge in [-0.05, 0) is 24.3 Å². The predicted molar refractivity (Wildman–Crippen MR) is 104 cm³/mol. The maximum absolute atomic E-state index is 13.2. The number of nitrogens with zero attached hydrogens (tertiary/aromatic N) is 2. The number of allylic oxidation sites excluding steroid dienone is 3. The molecule has 1 aromatic carbocycles. The number of hydrogen-bond donors (Lipinski definition) is 1. The second kappa shape index (κ2) is 7.21. The highest BCUT2D eigenvalue weighted by molar-refractivity contribution is 6.00. The van der Waals surface area contributed by atoms with E-state index < -0.39 is 5.92 Å². The molecule has 2 aliphatic rings. The van der Waals surface area contributed by atoms with Crippen molar-refractivity contribution < 1.29 is 9.53 Å². The molecule has 1 heterocycles. The zero-order valence-electron chi connectivity index (χ0n) is 16.5. The molecular formula is C22H27N3O2. The van der Waals surface area contributed by atoms with E-state index in [4.69, 9.17) is 10.5 Å². The van der Waals surface area contributed by atoms with Gasteiger partial charge < -0.3 is 15.4 Å². The summed E-state index contributed by atoms with van der Waals surface area (Å²) in [6.07, 6.45) is 1.23. The number of benzene rings is 1. The van der Waals surface area contributed by atoms with Crippen LogP contribution in [-0.2, 0) is 9.53 Å². The molecule has 1 aromatic rings. The fraction of sp³-hybridized carbons (Fsp3) is 0.455. The second-order valence-corrected chi connectivity index (χ2v) is 8.20. The van der Waals surface area contributed by atoms with Gasteiger partial charge in [0, 0.05) is 31.3 Å². The molecule has 0 radical (unpaired) electrons. The Hall–Kier alpha value is -2.58. The highest BCUT2D eigenvalue weighted by Gasteiger charge is 2.44. The second-order valence-electron chi connectivity index (χ2n) is 8.20. The SMILES string of the molecule is COCCN1C(N)=C(C#N)[C@@H](c2ccc(C)cc2)C2=C1CC(C)(C)CC2=O. The van der Waals surface area contributed by atoms with Crippen LogP contribution in [0.2, 0.25) is 0 Å². The monoisotopic (exact) mass is 365 g/mol. The maximum atomic E-state index is 13.2. The van der Waals surface area contributed by atoms with E-state index >= 15 is 0 Å². The fourth-order valence-corrected chi connectivity index (χ4v) is 4.11. The summed E-state index contributed by atoms with van der Waals surface area (Å²) in [5, 5.41) is 9.89. The van der Waals surface area contributed by atoms with Crippen LogP contribution < -0.4 is 5.73 Å². The van der Waals surface area contributed by atoms with Crippen molar-refractivity contribution in [1.29, 1.82) is 5.26 Å². The lowest BCUT2D eigenvalue weighted by Crippen LogP contribution is -2.43. The zero-order valence-corrected chi connectivity index (χ0v) is 16.5. The molecule has 1 aliphatic heterocycles. The van der Waals surface area contributed by atoms with E-state index in [0.29, 0.717) is 31.0 Å². The van der Waals surface area contributed by atoms with Crippen LogP contribution in [0.25, 0.3) is 0 Å². The number of methoxy groups -OCH3 is 1. The Labute approximate surface area is 161 Å². The van der Waals surface area contributed by atoms with E-state index in [1.807, 2.05) is 36.1 Å². The molecule has 1 aliphatic carbocycles. The summed E-state index contributed by atoms with van der Waals surface area (Å²) in [6, 6.07) is 10.3. The number of ketones is 1. The van der Waals surface area contributed by atoms with E-state index in [-0.39, 0.29) is 11.2 Å². The number of Topliss-reactive ketones (excluding diaryl/α,β-unsaturated/α-hetero) is 1. The van der Waals surface area contributed by atoms with Crippen LogP contribution in [0.1, 0.15) is 43.7 Å². The van der Waals surface area contributed by atoms with E-state index in [1.165, 1.54) is 0 Å². The Kier molecular flexibility index (Phi) is 5.12. The third-order valence-electron chi connectivity index (χ3n) is 5.42. The van der Waals surface area contributed by atoms with Gasteiger partial charge in [0.25, 0.3) is 0 Å². The topological polar surface area (TPSA) is 79.3 Å². The number of rotatable bonds is 4. The van der Waals surface area contributed by atoms with E-state index in [0.717, 1.165) is 28.8 Å². The first-order valence-corrected chi connectivity index (χ1v) is 9.28. The van der Waals surface area contributed by atoms with Crippen LogP contribution in [0.3, 0.4) is 0 Å². The minimum Gasteiger partial charge on any atom is -0.384 e. The third-order valence-corrected chi connectivity index (χ3v) is 5.42. The molecule has 27 heavy (non-hydrogen) atoms. The maximum Gasteiger partial charge on any atom is 0.162 e. The van der Waals surface area contributed by atoms with Gasteiger partial charge in [-0.1, -0.05) is 43.7 Å². The molecule has 0 fully saturated rings. The van der Waals surface area contributed by atoms with Gasteiger partial charge in [0.05, 0.1) is 24.2 Å². The summed E-state index contributed by atoms with van der Waals surface area (Å²) < 4.78 is 5.23. The average molecular weight is 365 g/mol. The van der Waals surface area contributed by atoms with Crippen molar-refractivity contribution in [2.75, 3.05) is 20.3 Å². The molecule has 0 spiro atoms. The molecular weight excluding hydrogens is 338 g/mol. The van der Waals surface area contributed by atoms with Gasteiger partial charge >= 0.3 is 0 Å². The quantitative estimate of drug-likeness (QED) is 0.885. The van der Waals surface area contributed by atoms with Gasteiger partial charge in [-0.15, -0.1) is 0 Å². The minimum absolute atomic E-state index is 0.106. The van der Waals surface area contributed by atoms with Crippen LogP contribution in [-0.4, -0.2) is 30.9 Å². The zero-order chi connectivity index (χ0) is 19.8. The highest BCUT2D eigenvalue weighted by Crippen LogP contribution is 2.48. The van der Waals surface area contributed by atoms with Crippen molar-refractivity contribution in [3.8, 4) is 6.07 Å². The molecule has 0 saturated carbocycles. The van der Waals surface area contributed by atoms with Gasteiger partial charge in [0.1, 0.15) is 5.82 Å². The molecule has 0 saturated heterocycles. The van der Waals surface area contributed by atoms with E-state index in [2.05, 4.69) is 19.9 Å². The molecule has 5 heteroatoms. The van der Waals surface area contributed by atoms with Crippen LogP contribution in [0, 0.1) is 23.7 Å². The highest BCUT2D eigenvalue weighted by atomic mass is 16.5. The predicted octanol–water partition coefficient (Wildman–Crippen LogP) is 3.38. The Morgan fingerprint density at radius 1 is 1.30 bits per heavy atom. The van der Waals surface area contributed by atoms with Crippen molar-refractivity contribution in [2.45, 2.75) is 39.5 Å². The number of nitriles is 1. The number of hydrogen-bond acceptors (Lipinski definition) is 5. The molecule has 0 aromatic heterocycles. The molecule has 1 atom stereocenters. The lowest BCUT2D eigenvalue weighted by molar-refractivity contribution is -0.118. The van der Waals surface area contributed by atoms with Crippen LogP contribution in [0.5, 0.6) is 0 Å². The summed E-state index contributed by atoms with van der Waals surface area (Å²) >= 11 is 0. The Balaban J connectivity index is 2.21. The summed E-state index contributed by atoms with van der Waals surface area (Å²) in [5.74, 6) is 0.145. The molecule has 2 N–H and O–H groups in total. The van der Waals surface area contributed by atoms with Crippen molar-refractivity contribution in [3.05, 3.63) is 58.1 Å². The van der Waals surface area contributed by atoms with Gasteiger partial charge in [-0.2, -0.15) is 5.26 Å². The number of aryl methyl sites for hydroxylation is 1. The molecule has 5 nitrogen and oxygen atoms in total. The fourth-order valence-electron chi connectivity index (χ4n) is 4.11. The van der Waals surface area contributed by atoms with Crippen molar-refractivity contribution >= 4 is 5.78 Å². The number of ether oxygens (including phenoxy) is 1. The summed E-state index contributed by atoms with van der Waals surface area (Å²) in [7, 11) is 1.63. The van der Waals surface area contributed by atoms with Crippen LogP contribution >= 0.6 is 0 Å². The number of carbonyl (C=O) groups is 1. The van der Waals surface area contributed by atoms with Crippen LogP contribution in [0.4, 0.5) is 0 Å². The number of carbonyl (C=O) groups excluding carboxylic acids is 1. The average Bonchev–Trinajstić information content (AvgIpc) is 2.60. The molecule has 0 amide bonds. The molecule has 142 valence electrons. The molecule has 0 bridgehead atoms. The standard InChI is InChI=1S/C22H27N3O2/c1-14-5-7-15(8-6-14)19-16(13-23)21(24)25(9-10-27-4)17-11-22(2,3)12-18(26)20(17)19/h5-8,19H,9-12,24H2,1-4H3/t19-/m1/s1. The lowest BCUT2D eigenvalue weighted by Gasteiger charge is -2.43. The van der Waals surface area contributed by atoms with Crippen LogP contribution in [0.15, 0.2) is 46.9 Å². The van der Waals surface area contributed by atoms with Gasteiger partial charge in [0.2, 0.25) is 0 Å². The third kappa shape index (κ3) is 3.50. The van der Waals surface area contributed by atoms with E-state index in [9.17, 15) is 10.1 Å². The normalized spacial score (nSPS) is 22.0. The Morgan fingerprint density at radius 3 is 2.56 bits per heavy atom. The largest absolute Gasteiger partial charge is 0.384 e. The molecule has 3 rings (SSSR count). The lowest BCUT2D eigenvalue weighted by atomic mass is 9.68. The summed E-state index contributed by atoms with van der Waals surface area (Å²) in [4.78, 5) is 15.1. The summed E-state index contributed by atoms with van der Waals surface area (Å²) in [5.41, 5.74) is 10.5. The minimum atomic E-state index is -0.395. The van der Waals surface area contributed by atoms with E-state index in [1.54, 1.807) is 7.11 Å². The first-order chi connectivity index (χ1) is 12.8. The number of nitrogens with two attached hydrogens (primary N) is 1. The van der Waals surface area contributed by atoms with Crippen molar-refractivity contribution in [1.82, 2.24) is 4.90 Å². The van der Waals surface area contributed by atoms with Crippen molar-refractivity contribution in [3.63, 3.8) is 0 Å². The summed E-state index contributed by atoms with van der Waals surface area (Å²) in [6.45, 7) is 7.22.